The number of hydrogen-bond acceptors (Lipinski definition) is 6. The summed E-state index contributed by atoms with van der Waals surface area (Å²) in [5.41, 5.74) is 3.43. The van der Waals surface area contributed by atoms with Gasteiger partial charge < -0.3 is 19.3 Å². The van der Waals surface area contributed by atoms with Crippen molar-refractivity contribution in [2.75, 3.05) is 13.4 Å². The maximum absolute atomic E-state index is 11.8. The minimum Gasteiger partial charge on any atom is -0.507 e. The molecule has 0 radical (unpaired) electrons. The molecule has 1 heterocycles. The number of ether oxygens (including phenoxy) is 3. The SMILES string of the molecule is C/C(=N/NC(=O)COc1ccc2c(c1)OCO2)c1ccccc1O. The zero-order valence-electron chi connectivity index (χ0n) is 13.0. The van der Waals surface area contributed by atoms with Gasteiger partial charge in [0.25, 0.3) is 5.91 Å². The lowest BCUT2D eigenvalue weighted by molar-refractivity contribution is -0.123. The smallest absolute Gasteiger partial charge is 0.277 e. The van der Waals surface area contributed by atoms with Crippen LogP contribution >= 0.6 is 0 Å². The minimum atomic E-state index is -0.414. The predicted molar refractivity (Wildman–Crippen MR) is 86.5 cm³/mol. The first-order valence-electron chi connectivity index (χ1n) is 7.27. The summed E-state index contributed by atoms with van der Waals surface area (Å²) in [6, 6.07) is 11.8. The molecule has 3 rings (SSSR count). The highest BCUT2D eigenvalue weighted by molar-refractivity contribution is 6.01. The molecule has 0 saturated heterocycles. The van der Waals surface area contributed by atoms with Crippen molar-refractivity contribution in [1.29, 1.82) is 0 Å². The van der Waals surface area contributed by atoms with E-state index in [9.17, 15) is 9.90 Å². The van der Waals surface area contributed by atoms with Crippen LogP contribution < -0.4 is 19.6 Å². The van der Waals surface area contributed by atoms with E-state index in [0.717, 1.165) is 0 Å². The highest BCUT2D eigenvalue weighted by Gasteiger charge is 2.14. The van der Waals surface area contributed by atoms with Gasteiger partial charge in [-0.3, -0.25) is 4.79 Å². The van der Waals surface area contributed by atoms with Crippen LogP contribution in [0, 0.1) is 0 Å². The van der Waals surface area contributed by atoms with Gasteiger partial charge in [-0.2, -0.15) is 5.10 Å². The second-order valence-electron chi connectivity index (χ2n) is 5.05. The molecular weight excluding hydrogens is 312 g/mol. The summed E-state index contributed by atoms with van der Waals surface area (Å²) >= 11 is 0. The summed E-state index contributed by atoms with van der Waals surface area (Å²) in [5, 5.41) is 13.7. The first-order chi connectivity index (χ1) is 11.6. The second kappa shape index (κ2) is 6.91. The number of fused-ring (bicyclic) bond motifs is 1. The molecule has 1 amide bonds. The maximum Gasteiger partial charge on any atom is 0.277 e. The minimum absolute atomic E-state index is 0.101. The lowest BCUT2D eigenvalue weighted by Crippen LogP contribution is -2.25. The first-order valence-corrected chi connectivity index (χ1v) is 7.27. The van der Waals surface area contributed by atoms with Crippen molar-refractivity contribution in [2.24, 2.45) is 5.10 Å². The third-order valence-electron chi connectivity index (χ3n) is 3.36. The molecule has 1 aliphatic heterocycles. The van der Waals surface area contributed by atoms with Crippen molar-refractivity contribution in [3.8, 4) is 23.0 Å². The molecule has 2 aromatic carbocycles. The first kappa shape index (κ1) is 15.7. The quantitative estimate of drug-likeness (QED) is 0.647. The lowest BCUT2D eigenvalue weighted by Gasteiger charge is -2.07. The normalized spacial score (nSPS) is 12.8. The number of nitrogens with zero attached hydrogens (tertiary/aromatic N) is 1. The van der Waals surface area contributed by atoms with Crippen molar-refractivity contribution in [3.05, 3.63) is 48.0 Å². The number of carbonyl (C=O) groups excluding carboxylic acids is 1. The molecule has 2 N–H and O–H groups in total. The van der Waals surface area contributed by atoms with Crippen LogP contribution in [0.3, 0.4) is 0 Å². The molecule has 0 saturated carbocycles. The van der Waals surface area contributed by atoms with Gasteiger partial charge in [0.2, 0.25) is 6.79 Å². The topological polar surface area (TPSA) is 89.4 Å². The summed E-state index contributed by atoms with van der Waals surface area (Å²) in [7, 11) is 0. The van der Waals surface area contributed by atoms with Crippen LogP contribution in [0.15, 0.2) is 47.6 Å². The van der Waals surface area contributed by atoms with Gasteiger partial charge in [-0.15, -0.1) is 0 Å². The van der Waals surface area contributed by atoms with Gasteiger partial charge in [0, 0.05) is 11.6 Å². The standard InChI is InChI=1S/C17H16N2O5/c1-11(13-4-2-3-5-14(13)20)18-19-17(21)9-22-12-6-7-15-16(8-12)24-10-23-15/h2-8,20H,9-10H2,1H3,(H,19,21)/b18-11-. The van der Waals surface area contributed by atoms with Crippen LogP contribution in [0.5, 0.6) is 23.0 Å². The predicted octanol–water partition coefficient (Wildman–Crippen LogP) is 2.04. The van der Waals surface area contributed by atoms with Crippen LogP contribution in [0.1, 0.15) is 12.5 Å². The van der Waals surface area contributed by atoms with Crippen molar-refractivity contribution in [3.63, 3.8) is 0 Å². The summed E-state index contributed by atoms with van der Waals surface area (Å²) in [4.78, 5) is 11.8. The molecule has 7 heteroatoms. The summed E-state index contributed by atoms with van der Waals surface area (Å²) in [5.74, 6) is 1.42. The molecule has 1 aliphatic rings. The van der Waals surface area contributed by atoms with E-state index < -0.39 is 5.91 Å². The van der Waals surface area contributed by atoms with Crippen LogP contribution in [-0.2, 0) is 4.79 Å². The highest BCUT2D eigenvalue weighted by Crippen LogP contribution is 2.34. The van der Waals surface area contributed by atoms with E-state index in [1.54, 1.807) is 49.4 Å². The molecule has 0 atom stereocenters. The van der Waals surface area contributed by atoms with E-state index in [2.05, 4.69) is 10.5 Å². The molecular formula is C17H16N2O5. The van der Waals surface area contributed by atoms with Gasteiger partial charge in [-0.05, 0) is 31.2 Å². The van der Waals surface area contributed by atoms with E-state index in [-0.39, 0.29) is 19.1 Å². The van der Waals surface area contributed by atoms with Gasteiger partial charge in [-0.25, -0.2) is 5.43 Å². The number of benzene rings is 2. The fraction of sp³-hybridized carbons (Fsp3) is 0.176. The fourth-order valence-corrected chi connectivity index (χ4v) is 2.13. The van der Waals surface area contributed by atoms with Crippen LogP contribution in [0.2, 0.25) is 0 Å². The largest absolute Gasteiger partial charge is 0.507 e. The molecule has 24 heavy (non-hydrogen) atoms. The number of aromatic hydroxyl groups is 1. The van der Waals surface area contributed by atoms with Crippen molar-refractivity contribution in [2.45, 2.75) is 6.92 Å². The molecule has 124 valence electrons. The van der Waals surface area contributed by atoms with Crippen LogP contribution in [0.4, 0.5) is 0 Å². The number of rotatable bonds is 5. The molecule has 0 aliphatic carbocycles. The Kier molecular flexibility index (Phi) is 4.51. The third kappa shape index (κ3) is 3.57. The fourth-order valence-electron chi connectivity index (χ4n) is 2.13. The van der Waals surface area contributed by atoms with Crippen molar-refractivity contribution >= 4 is 11.6 Å². The van der Waals surface area contributed by atoms with E-state index in [0.29, 0.717) is 28.5 Å². The van der Waals surface area contributed by atoms with Crippen LogP contribution in [-0.4, -0.2) is 30.1 Å². The number of hydrogen-bond donors (Lipinski definition) is 2. The second-order valence-corrected chi connectivity index (χ2v) is 5.05. The number of nitrogens with one attached hydrogen (secondary N) is 1. The Bertz CT molecular complexity index is 788. The molecule has 0 unspecified atom stereocenters. The van der Waals surface area contributed by atoms with E-state index in [1.807, 2.05) is 0 Å². The lowest BCUT2D eigenvalue weighted by atomic mass is 10.1. The van der Waals surface area contributed by atoms with Gasteiger partial charge in [-0.1, -0.05) is 12.1 Å². The zero-order chi connectivity index (χ0) is 16.9. The molecule has 7 nitrogen and oxygen atoms in total. The van der Waals surface area contributed by atoms with Gasteiger partial charge in [0.1, 0.15) is 11.5 Å². The van der Waals surface area contributed by atoms with Crippen molar-refractivity contribution in [1.82, 2.24) is 5.43 Å². The maximum atomic E-state index is 11.8. The average molecular weight is 328 g/mol. The molecule has 0 fully saturated rings. The highest BCUT2D eigenvalue weighted by atomic mass is 16.7. The number of para-hydroxylation sites is 1. The Morgan fingerprint density at radius 3 is 2.88 bits per heavy atom. The van der Waals surface area contributed by atoms with Gasteiger partial charge in [0.05, 0.1) is 5.71 Å². The summed E-state index contributed by atoms with van der Waals surface area (Å²) in [6.07, 6.45) is 0. The Morgan fingerprint density at radius 1 is 1.25 bits per heavy atom. The molecule has 0 aromatic heterocycles. The Labute approximate surface area is 138 Å². The number of phenolic OH excluding ortho intramolecular Hbond substituents is 1. The average Bonchev–Trinajstić information content (AvgIpc) is 3.06. The molecule has 2 aromatic rings. The van der Waals surface area contributed by atoms with Crippen molar-refractivity contribution < 1.29 is 24.1 Å². The number of phenols is 1. The van der Waals surface area contributed by atoms with Gasteiger partial charge in [0.15, 0.2) is 18.1 Å². The Balaban J connectivity index is 1.54. The van der Waals surface area contributed by atoms with E-state index in [4.69, 9.17) is 14.2 Å². The monoisotopic (exact) mass is 328 g/mol. The summed E-state index contributed by atoms with van der Waals surface area (Å²) in [6.45, 7) is 1.67. The number of hydrazone groups is 1. The van der Waals surface area contributed by atoms with E-state index >= 15 is 0 Å². The number of amides is 1. The molecule has 0 spiro atoms. The molecule has 0 bridgehead atoms. The van der Waals surface area contributed by atoms with E-state index in [1.165, 1.54) is 0 Å². The Morgan fingerprint density at radius 2 is 2.04 bits per heavy atom. The third-order valence-corrected chi connectivity index (χ3v) is 3.36. The zero-order valence-corrected chi connectivity index (χ0v) is 13.0. The summed E-state index contributed by atoms with van der Waals surface area (Å²) < 4.78 is 15.8. The van der Waals surface area contributed by atoms with Crippen LogP contribution in [0.25, 0.3) is 0 Å². The Hall–Kier alpha value is -3.22. The van der Waals surface area contributed by atoms with Gasteiger partial charge >= 0.3 is 0 Å². The number of carbonyl (C=O) groups is 1.